The average molecular weight is 226 g/mol. The van der Waals surface area contributed by atoms with E-state index < -0.39 is 6.55 Å². The first-order valence-electron chi connectivity index (χ1n) is 4.46. The number of carbonyl (C=O) groups excluding carboxylic acids is 1. The van der Waals surface area contributed by atoms with Crippen LogP contribution >= 0.6 is 0 Å². The van der Waals surface area contributed by atoms with Gasteiger partial charge in [0.05, 0.1) is 7.11 Å². The SMILES string of the molecule is COc1cc(C=O)cc2cn(C(F)F)nc12. The van der Waals surface area contributed by atoms with Gasteiger partial charge in [-0.05, 0) is 12.1 Å². The van der Waals surface area contributed by atoms with Crippen molar-refractivity contribution in [2.45, 2.75) is 6.55 Å². The first kappa shape index (κ1) is 10.5. The Morgan fingerprint density at radius 3 is 2.81 bits per heavy atom. The van der Waals surface area contributed by atoms with Crippen molar-refractivity contribution >= 4 is 17.2 Å². The fourth-order valence-corrected chi connectivity index (χ4v) is 1.47. The molecular formula is C10H8F2N2O2. The summed E-state index contributed by atoms with van der Waals surface area (Å²) in [6.45, 7) is -2.71. The van der Waals surface area contributed by atoms with Crippen LogP contribution in [0.15, 0.2) is 18.3 Å². The molecule has 0 bridgehead atoms. The zero-order chi connectivity index (χ0) is 11.7. The van der Waals surface area contributed by atoms with Crippen LogP contribution in [0.5, 0.6) is 5.75 Å². The van der Waals surface area contributed by atoms with Gasteiger partial charge in [-0.25, -0.2) is 4.68 Å². The van der Waals surface area contributed by atoms with E-state index in [0.717, 1.165) is 0 Å². The lowest BCUT2D eigenvalue weighted by molar-refractivity contribution is 0.0573. The quantitative estimate of drug-likeness (QED) is 0.754. The predicted octanol–water partition coefficient (Wildman–Crippen LogP) is 2.25. The molecule has 1 aromatic carbocycles. The Morgan fingerprint density at radius 1 is 1.50 bits per heavy atom. The molecule has 0 spiro atoms. The summed E-state index contributed by atoms with van der Waals surface area (Å²) in [5.41, 5.74) is 0.673. The van der Waals surface area contributed by atoms with Crippen molar-refractivity contribution in [3.8, 4) is 5.75 Å². The van der Waals surface area contributed by atoms with Gasteiger partial charge in [0, 0.05) is 17.1 Å². The number of benzene rings is 1. The summed E-state index contributed by atoms with van der Waals surface area (Å²) in [7, 11) is 1.39. The molecule has 0 fully saturated rings. The molecule has 2 aromatic rings. The molecule has 84 valence electrons. The number of alkyl halides is 2. The maximum atomic E-state index is 12.4. The van der Waals surface area contributed by atoms with Crippen LogP contribution in [-0.2, 0) is 0 Å². The third-order valence-corrected chi connectivity index (χ3v) is 2.17. The highest BCUT2D eigenvalue weighted by atomic mass is 19.3. The third-order valence-electron chi connectivity index (χ3n) is 2.17. The highest BCUT2D eigenvalue weighted by Gasteiger charge is 2.13. The lowest BCUT2D eigenvalue weighted by atomic mass is 10.1. The minimum Gasteiger partial charge on any atom is -0.494 e. The van der Waals surface area contributed by atoms with Crippen molar-refractivity contribution in [3.63, 3.8) is 0 Å². The van der Waals surface area contributed by atoms with Gasteiger partial charge in [0.2, 0.25) is 0 Å². The molecular weight excluding hydrogens is 218 g/mol. The highest BCUT2D eigenvalue weighted by Crippen LogP contribution is 2.27. The number of hydrogen-bond donors (Lipinski definition) is 0. The summed E-state index contributed by atoms with van der Waals surface area (Å²) in [5, 5.41) is 4.13. The summed E-state index contributed by atoms with van der Waals surface area (Å²) in [4.78, 5) is 10.6. The second kappa shape index (κ2) is 3.88. The van der Waals surface area contributed by atoms with Crippen LogP contribution in [0, 0.1) is 0 Å². The number of aromatic nitrogens is 2. The molecule has 1 aromatic heterocycles. The van der Waals surface area contributed by atoms with Crippen molar-refractivity contribution in [1.29, 1.82) is 0 Å². The van der Waals surface area contributed by atoms with Gasteiger partial charge >= 0.3 is 6.55 Å². The molecule has 0 atom stereocenters. The van der Waals surface area contributed by atoms with E-state index >= 15 is 0 Å². The average Bonchev–Trinajstić information content (AvgIpc) is 2.71. The molecule has 0 unspecified atom stereocenters. The van der Waals surface area contributed by atoms with E-state index in [9.17, 15) is 13.6 Å². The van der Waals surface area contributed by atoms with Crippen LogP contribution in [0.25, 0.3) is 10.9 Å². The lowest BCUT2D eigenvalue weighted by Crippen LogP contribution is -1.97. The van der Waals surface area contributed by atoms with Crippen LogP contribution in [0.2, 0.25) is 0 Å². The van der Waals surface area contributed by atoms with Crippen molar-refractivity contribution in [2.24, 2.45) is 0 Å². The number of fused-ring (bicyclic) bond motifs is 1. The van der Waals surface area contributed by atoms with Gasteiger partial charge in [-0.15, -0.1) is 0 Å². The topological polar surface area (TPSA) is 44.1 Å². The predicted molar refractivity (Wildman–Crippen MR) is 52.9 cm³/mol. The summed E-state index contributed by atoms with van der Waals surface area (Å²) < 4.78 is 30.3. The summed E-state index contributed by atoms with van der Waals surface area (Å²) in [5.74, 6) is 0.305. The standard InChI is InChI=1S/C10H8F2N2O2/c1-16-8-3-6(5-15)2-7-4-14(10(11)12)13-9(7)8/h2-5,10H,1H3. The zero-order valence-corrected chi connectivity index (χ0v) is 8.35. The van der Waals surface area contributed by atoms with Gasteiger partial charge in [0.1, 0.15) is 17.6 Å². The number of carbonyl (C=O) groups is 1. The summed E-state index contributed by atoms with van der Waals surface area (Å²) in [6, 6.07) is 2.94. The number of rotatable bonds is 3. The molecule has 0 aliphatic rings. The molecule has 0 aliphatic heterocycles. The van der Waals surface area contributed by atoms with Gasteiger partial charge in [-0.3, -0.25) is 4.79 Å². The molecule has 0 radical (unpaired) electrons. The molecule has 0 N–H and O–H groups in total. The third kappa shape index (κ3) is 1.62. The minimum absolute atomic E-state index is 0.305. The minimum atomic E-state index is -2.71. The second-order valence-corrected chi connectivity index (χ2v) is 3.17. The summed E-state index contributed by atoms with van der Waals surface area (Å²) in [6.07, 6.45) is 1.80. The molecule has 6 heteroatoms. The van der Waals surface area contributed by atoms with Crippen LogP contribution in [0.3, 0.4) is 0 Å². The van der Waals surface area contributed by atoms with Crippen molar-refractivity contribution in [1.82, 2.24) is 9.78 Å². The fraction of sp³-hybridized carbons (Fsp3) is 0.200. The first-order valence-corrected chi connectivity index (χ1v) is 4.46. The van der Waals surface area contributed by atoms with E-state index in [0.29, 0.717) is 33.2 Å². The number of nitrogens with zero attached hydrogens (tertiary/aromatic N) is 2. The first-order chi connectivity index (χ1) is 7.65. The number of ether oxygens (including phenoxy) is 1. The monoisotopic (exact) mass is 226 g/mol. The van der Waals surface area contributed by atoms with Gasteiger partial charge in [0.15, 0.2) is 0 Å². The maximum Gasteiger partial charge on any atom is 0.333 e. The Morgan fingerprint density at radius 2 is 2.25 bits per heavy atom. The highest BCUT2D eigenvalue weighted by molar-refractivity contribution is 5.91. The van der Waals surface area contributed by atoms with E-state index in [1.807, 2.05) is 0 Å². The molecule has 0 saturated heterocycles. The molecule has 2 rings (SSSR count). The smallest absolute Gasteiger partial charge is 0.333 e. The number of hydrogen-bond acceptors (Lipinski definition) is 3. The van der Waals surface area contributed by atoms with Gasteiger partial charge in [-0.1, -0.05) is 0 Å². The Balaban J connectivity index is 2.69. The van der Waals surface area contributed by atoms with Gasteiger partial charge in [-0.2, -0.15) is 13.9 Å². The van der Waals surface area contributed by atoms with Gasteiger partial charge < -0.3 is 4.74 Å². The molecule has 16 heavy (non-hydrogen) atoms. The fourth-order valence-electron chi connectivity index (χ4n) is 1.47. The van der Waals surface area contributed by atoms with Crippen molar-refractivity contribution < 1.29 is 18.3 Å². The van der Waals surface area contributed by atoms with Crippen LogP contribution in [0.1, 0.15) is 16.9 Å². The summed E-state index contributed by atoms with van der Waals surface area (Å²) >= 11 is 0. The molecule has 0 aliphatic carbocycles. The van der Waals surface area contributed by atoms with E-state index in [1.54, 1.807) is 0 Å². The normalized spacial score (nSPS) is 11.0. The largest absolute Gasteiger partial charge is 0.494 e. The van der Waals surface area contributed by atoms with E-state index in [-0.39, 0.29) is 0 Å². The van der Waals surface area contributed by atoms with Gasteiger partial charge in [0.25, 0.3) is 0 Å². The Bertz CT molecular complexity index is 537. The van der Waals surface area contributed by atoms with Crippen LogP contribution in [0.4, 0.5) is 8.78 Å². The lowest BCUT2D eigenvalue weighted by Gasteiger charge is -2.00. The maximum absolute atomic E-state index is 12.4. The van der Waals surface area contributed by atoms with Crippen molar-refractivity contribution in [2.75, 3.05) is 7.11 Å². The number of aldehydes is 1. The molecule has 0 amide bonds. The van der Waals surface area contributed by atoms with Crippen LogP contribution in [-0.4, -0.2) is 23.2 Å². The van der Waals surface area contributed by atoms with Crippen LogP contribution < -0.4 is 4.74 Å². The van der Waals surface area contributed by atoms with E-state index in [2.05, 4.69) is 5.10 Å². The zero-order valence-electron chi connectivity index (χ0n) is 8.35. The molecule has 4 nitrogen and oxygen atoms in total. The molecule has 1 heterocycles. The molecule has 0 saturated carbocycles. The second-order valence-electron chi connectivity index (χ2n) is 3.17. The van der Waals surface area contributed by atoms with E-state index in [4.69, 9.17) is 4.74 Å². The Hall–Kier alpha value is -1.98. The Kier molecular flexibility index (Phi) is 2.55. The van der Waals surface area contributed by atoms with E-state index in [1.165, 1.54) is 25.4 Å². The number of methoxy groups -OCH3 is 1. The number of halogens is 2. The van der Waals surface area contributed by atoms with Crippen molar-refractivity contribution in [3.05, 3.63) is 23.9 Å². The Labute approximate surface area is 89.4 Å².